The zero-order valence-corrected chi connectivity index (χ0v) is 18.5. The molecule has 1 heterocycles. The van der Waals surface area contributed by atoms with Crippen molar-refractivity contribution in [1.29, 1.82) is 0 Å². The van der Waals surface area contributed by atoms with E-state index in [-0.39, 0.29) is 24.0 Å². The Labute approximate surface area is 187 Å². The summed E-state index contributed by atoms with van der Waals surface area (Å²) in [7, 11) is 1.57. The van der Waals surface area contributed by atoms with E-state index in [2.05, 4.69) is 10.3 Å². The minimum absolute atomic E-state index is 0.137. The Morgan fingerprint density at radius 3 is 2.77 bits per heavy atom. The van der Waals surface area contributed by atoms with Gasteiger partial charge in [-0.15, -0.1) is 23.1 Å². The summed E-state index contributed by atoms with van der Waals surface area (Å²) in [5.74, 6) is -0.667. The number of aromatic nitrogens is 1. The van der Waals surface area contributed by atoms with Crippen LogP contribution in [-0.2, 0) is 16.1 Å². The molecule has 2 amide bonds. The van der Waals surface area contributed by atoms with Gasteiger partial charge in [0.1, 0.15) is 5.82 Å². The molecular formula is C22H22FN3O3S2. The summed E-state index contributed by atoms with van der Waals surface area (Å²) in [4.78, 5) is 30.2. The third-order valence-electron chi connectivity index (χ3n) is 4.26. The maximum atomic E-state index is 14.0. The van der Waals surface area contributed by atoms with E-state index >= 15 is 0 Å². The van der Waals surface area contributed by atoms with Crippen molar-refractivity contribution in [3.63, 3.8) is 0 Å². The number of benzene rings is 2. The average molecular weight is 460 g/mol. The number of hydrogen-bond acceptors (Lipinski definition) is 5. The highest BCUT2D eigenvalue weighted by atomic mass is 32.2. The summed E-state index contributed by atoms with van der Waals surface area (Å²) in [6.45, 7) is 1.16. The number of nitrogens with zero attached hydrogens (tertiary/aromatic N) is 2. The maximum Gasteiger partial charge on any atom is 0.280 e. The van der Waals surface area contributed by atoms with Crippen LogP contribution in [0.5, 0.6) is 0 Å². The molecule has 3 aromatic rings. The highest BCUT2D eigenvalue weighted by Crippen LogP contribution is 2.23. The van der Waals surface area contributed by atoms with Crippen LogP contribution in [0.4, 0.5) is 4.39 Å². The lowest BCUT2D eigenvalue weighted by atomic mass is 10.2. The van der Waals surface area contributed by atoms with Gasteiger partial charge in [-0.25, -0.2) is 4.39 Å². The Balaban J connectivity index is 1.74. The van der Waals surface area contributed by atoms with E-state index in [4.69, 9.17) is 4.74 Å². The van der Waals surface area contributed by atoms with Crippen LogP contribution >= 0.6 is 23.1 Å². The van der Waals surface area contributed by atoms with Crippen molar-refractivity contribution >= 4 is 34.9 Å². The molecule has 2 aromatic carbocycles. The number of hydrogen-bond donors (Lipinski definition) is 1. The number of halogens is 1. The van der Waals surface area contributed by atoms with Gasteiger partial charge < -0.3 is 14.6 Å². The first kappa shape index (κ1) is 22.9. The van der Waals surface area contributed by atoms with Gasteiger partial charge in [0.25, 0.3) is 5.91 Å². The van der Waals surface area contributed by atoms with E-state index in [1.54, 1.807) is 59.7 Å². The summed E-state index contributed by atoms with van der Waals surface area (Å²) in [6.07, 6.45) is 1.77. The molecule has 0 saturated heterocycles. The molecule has 0 aliphatic heterocycles. The third-order valence-corrected chi connectivity index (χ3v) is 6.13. The fourth-order valence-corrected chi connectivity index (χ4v) is 4.32. The van der Waals surface area contributed by atoms with Crippen molar-refractivity contribution < 1.29 is 18.7 Å². The lowest BCUT2D eigenvalue weighted by Crippen LogP contribution is -2.28. The molecule has 0 aliphatic carbocycles. The molecule has 0 radical (unpaired) electrons. The van der Waals surface area contributed by atoms with Gasteiger partial charge in [0.05, 0.1) is 24.5 Å². The third kappa shape index (κ3) is 6.61. The lowest BCUT2D eigenvalue weighted by Gasteiger charge is -2.07. The molecule has 0 atom stereocenters. The molecular weight excluding hydrogens is 437 g/mol. The van der Waals surface area contributed by atoms with Gasteiger partial charge >= 0.3 is 0 Å². The summed E-state index contributed by atoms with van der Waals surface area (Å²) in [5, 5.41) is 4.55. The number of thiazole rings is 1. The first-order chi connectivity index (χ1) is 15.1. The van der Waals surface area contributed by atoms with Crippen LogP contribution in [0.2, 0.25) is 0 Å². The average Bonchev–Trinajstić information content (AvgIpc) is 3.20. The molecule has 6 nitrogen and oxygen atoms in total. The summed E-state index contributed by atoms with van der Waals surface area (Å²) in [6, 6.07) is 13.6. The van der Waals surface area contributed by atoms with Crippen LogP contribution in [0.3, 0.4) is 0 Å². The quantitative estimate of drug-likeness (QED) is 0.394. The van der Waals surface area contributed by atoms with E-state index in [1.165, 1.54) is 29.2 Å². The van der Waals surface area contributed by atoms with E-state index < -0.39 is 5.91 Å². The molecule has 0 fully saturated rings. The molecule has 0 aliphatic rings. The van der Waals surface area contributed by atoms with Gasteiger partial charge in [-0.05, 0) is 18.2 Å². The van der Waals surface area contributed by atoms with Gasteiger partial charge in [-0.2, -0.15) is 4.99 Å². The summed E-state index contributed by atoms with van der Waals surface area (Å²) >= 11 is 2.58. The van der Waals surface area contributed by atoms with Crippen LogP contribution in [0, 0.1) is 5.82 Å². The largest absolute Gasteiger partial charge is 0.383 e. The van der Waals surface area contributed by atoms with E-state index in [0.717, 1.165) is 0 Å². The molecule has 0 unspecified atom stereocenters. The standard InChI is InChI=1S/C22H22FN3O3S2/c1-29-12-10-24-20(27)15-31-19-9-5-3-7-17(19)21(28)25-22-26(11-13-30-22)14-16-6-2-4-8-18(16)23/h2-9,11,13H,10,12,14-15H2,1H3,(H,24,27). The molecule has 1 N–H and O–H groups in total. The van der Waals surface area contributed by atoms with Crippen LogP contribution in [0.15, 0.2) is 70.0 Å². The maximum absolute atomic E-state index is 14.0. The van der Waals surface area contributed by atoms with Crippen LogP contribution < -0.4 is 10.1 Å². The molecule has 0 bridgehead atoms. The van der Waals surface area contributed by atoms with Crippen LogP contribution in [0.1, 0.15) is 15.9 Å². The molecule has 9 heteroatoms. The fraction of sp³-hybridized carbons (Fsp3) is 0.227. The zero-order chi connectivity index (χ0) is 22.1. The Bertz CT molecular complexity index is 1110. The van der Waals surface area contributed by atoms with Crippen LogP contribution in [-0.4, -0.2) is 42.4 Å². The number of rotatable bonds is 9. The van der Waals surface area contributed by atoms with Gasteiger partial charge in [0.2, 0.25) is 5.91 Å². The molecule has 162 valence electrons. The van der Waals surface area contributed by atoms with E-state index in [9.17, 15) is 14.0 Å². The van der Waals surface area contributed by atoms with Gasteiger partial charge in [-0.1, -0.05) is 30.3 Å². The minimum Gasteiger partial charge on any atom is -0.383 e. The number of carbonyl (C=O) groups is 2. The zero-order valence-electron chi connectivity index (χ0n) is 16.9. The Kier molecular flexibility index (Phi) is 8.57. The van der Waals surface area contributed by atoms with Crippen molar-refractivity contribution in [3.8, 4) is 0 Å². The van der Waals surface area contributed by atoms with Crippen molar-refractivity contribution in [2.45, 2.75) is 11.4 Å². The number of nitrogens with one attached hydrogen (secondary N) is 1. The van der Waals surface area contributed by atoms with Gasteiger partial charge in [0.15, 0.2) is 4.80 Å². The van der Waals surface area contributed by atoms with E-state index in [1.807, 2.05) is 6.07 Å². The molecule has 31 heavy (non-hydrogen) atoms. The normalized spacial score (nSPS) is 11.5. The lowest BCUT2D eigenvalue weighted by molar-refractivity contribution is -0.118. The molecule has 1 aromatic heterocycles. The Hall–Kier alpha value is -2.75. The molecule has 0 spiro atoms. The van der Waals surface area contributed by atoms with Gasteiger partial charge in [-0.3, -0.25) is 9.59 Å². The predicted octanol–water partition coefficient (Wildman–Crippen LogP) is 3.33. The topological polar surface area (TPSA) is 72.7 Å². The summed E-state index contributed by atoms with van der Waals surface area (Å²) < 4.78 is 20.6. The van der Waals surface area contributed by atoms with Crippen LogP contribution in [0.25, 0.3) is 0 Å². The number of ether oxygens (including phenoxy) is 1. The minimum atomic E-state index is -0.410. The van der Waals surface area contributed by atoms with Gasteiger partial charge in [0, 0.05) is 35.7 Å². The predicted molar refractivity (Wildman–Crippen MR) is 120 cm³/mol. The van der Waals surface area contributed by atoms with Crippen molar-refractivity contribution in [3.05, 3.63) is 81.9 Å². The van der Waals surface area contributed by atoms with Crippen molar-refractivity contribution in [1.82, 2.24) is 9.88 Å². The SMILES string of the molecule is COCCNC(=O)CSc1ccccc1C(=O)N=c1sccn1Cc1ccccc1F. The second-order valence-corrected chi connectivity index (χ2v) is 8.34. The number of thioether (sulfide) groups is 1. The fourth-order valence-electron chi connectivity index (χ4n) is 2.72. The number of methoxy groups -OCH3 is 1. The van der Waals surface area contributed by atoms with Crippen molar-refractivity contribution in [2.75, 3.05) is 26.0 Å². The second kappa shape index (κ2) is 11.6. The Morgan fingerprint density at radius 2 is 1.97 bits per heavy atom. The van der Waals surface area contributed by atoms with E-state index in [0.29, 0.717) is 34.0 Å². The Morgan fingerprint density at radius 1 is 1.19 bits per heavy atom. The second-order valence-electron chi connectivity index (χ2n) is 6.45. The first-order valence-corrected chi connectivity index (χ1v) is 11.4. The first-order valence-electron chi connectivity index (χ1n) is 9.52. The summed E-state index contributed by atoms with van der Waals surface area (Å²) in [5.41, 5.74) is 0.938. The highest BCUT2D eigenvalue weighted by Gasteiger charge is 2.13. The monoisotopic (exact) mass is 459 g/mol. The smallest absolute Gasteiger partial charge is 0.280 e. The van der Waals surface area contributed by atoms with Crippen molar-refractivity contribution in [2.24, 2.45) is 4.99 Å². The molecule has 3 rings (SSSR count). The number of carbonyl (C=O) groups excluding carboxylic acids is 2. The number of amides is 2. The highest BCUT2D eigenvalue weighted by molar-refractivity contribution is 8.00. The molecule has 0 saturated carbocycles.